The number of nitrogens with two attached hydrogens (primary N) is 1. The third kappa shape index (κ3) is 3.07. The summed E-state index contributed by atoms with van der Waals surface area (Å²) in [6, 6.07) is 3.83. The van der Waals surface area contributed by atoms with Crippen molar-refractivity contribution < 1.29 is 0 Å². The zero-order valence-electron chi connectivity index (χ0n) is 10.9. The highest BCUT2D eigenvalue weighted by Crippen LogP contribution is 2.20. The number of nitrogen functional groups attached to an aromatic ring is 1. The zero-order valence-corrected chi connectivity index (χ0v) is 10.9. The van der Waals surface area contributed by atoms with Crippen LogP contribution in [0, 0.1) is 0 Å². The largest absolute Gasteiger partial charge is 0.384 e. The molecule has 0 amide bonds. The molecule has 2 aromatic rings. The molecule has 5 heteroatoms. The van der Waals surface area contributed by atoms with Crippen LogP contribution >= 0.6 is 0 Å². The minimum absolute atomic E-state index is 0.536. The molecular weight excluding hydrogens is 226 g/mol. The summed E-state index contributed by atoms with van der Waals surface area (Å²) in [6.45, 7) is 2.02. The Morgan fingerprint density at radius 2 is 2.22 bits per heavy atom. The Kier molecular flexibility index (Phi) is 3.94. The molecule has 0 saturated heterocycles. The number of imidazole rings is 1. The second kappa shape index (κ2) is 5.64. The molecule has 2 rings (SSSR count). The number of anilines is 1. The van der Waals surface area contributed by atoms with Gasteiger partial charge in [-0.3, -0.25) is 0 Å². The quantitative estimate of drug-likeness (QED) is 0.866. The molecule has 0 aliphatic rings. The molecule has 18 heavy (non-hydrogen) atoms. The first-order valence-electron chi connectivity index (χ1n) is 6.03. The van der Waals surface area contributed by atoms with E-state index in [0.29, 0.717) is 5.82 Å². The summed E-state index contributed by atoms with van der Waals surface area (Å²) in [4.78, 5) is 10.4. The first-order chi connectivity index (χ1) is 8.66. The van der Waals surface area contributed by atoms with Gasteiger partial charge in [-0.05, 0) is 39.2 Å². The Morgan fingerprint density at radius 3 is 2.94 bits per heavy atom. The van der Waals surface area contributed by atoms with Crippen molar-refractivity contribution in [2.24, 2.45) is 0 Å². The lowest BCUT2D eigenvalue weighted by molar-refractivity contribution is 0.387. The molecule has 96 valence electrons. The lowest BCUT2D eigenvalue weighted by atomic mass is 10.2. The van der Waals surface area contributed by atoms with Gasteiger partial charge in [-0.25, -0.2) is 9.97 Å². The Balaban J connectivity index is 2.12. The van der Waals surface area contributed by atoms with Crippen molar-refractivity contribution in [3.05, 3.63) is 30.9 Å². The van der Waals surface area contributed by atoms with Crippen molar-refractivity contribution >= 4 is 5.82 Å². The van der Waals surface area contributed by atoms with Gasteiger partial charge >= 0.3 is 0 Å². The van der Waals surface area contributed by atoms with Crippen molar-refractivity contribution in [3.63, 3.8) is 0 Å². The van der Waals surface area contributed by atoms with Gasteiger partial charge in [0.25, 0.3) is 0 Å². The summed E-state index contributed by atoms with van der Waals surface area (Å²) >= 11 is 0. The number of hydrogen-bond acceptors (Lipinski definition) is 4. The number of nitrogens with zero attached hydrogens (tertiary/aromatic N) is 4. The topological polar surface area (TPSA) is 60.0 Å². The van der Waals surface area contributed by atoms with Gasteiger partial charge in [-0.2, -0.15) is 0 Å². The summed E-state index contributed by atoms with van der Waals surface area (Å²) in [5, 5.41) is 0. The summed E-state index contributed by atoms with van der Waals surface area (Å²) in [6.07, 6.45) is 6.55. The molecule has 0 atom stereocenters. The molecule has 0 bridgehead atoms. The second-order valence-electron chi connectivity index (χ2n) is 4.60. The SMILES string of the molecule is CN(C)CCCn1cncc1-c1ccnc(N)c1. The van der Waals surface area contributed by atoms with E-state index in [1.54, 1.807) is 6.20 Å². The van der Waals surface area contributed by atoms with E-state index in [4.69, 9.17) is 5.73 Å². The third-order valence-electron chi connectivity index (χ3n) is 2.79. The smallest absolute Gasteiger partial charge is 0.123 e. The van der Waals surface area contributed by atoms with Crippen LogP contribution in [0.25, 0.3) is 11.3 Å². The molecule has 0 unspecified atom stereocenters. The summed E-state index contributed by atoms with van der Waals surface area (Å²) < 4.78 is 2.15. The van der Waals surface area contributed by atoms with Crippen LogP contribution in [0.1, 0.15) is 6.42 Å². The van der Waals surface area contributed by atoms with Gasteiger partial charge < -0.3 is 15.2 Å². The summed E-state index contributed by atoms with van der Waals surface area (Å²) in [5.74, 6) is 0.536. The molecule has 2 aromatic heterocycles. The van der Waals surface area contributed by atoms with Gasteiger partial charge in [-0.1, -0.05) is 0 Å². The van der Waals surface area contributed by atoms with Crippen molar-refractivity contribution in [2.45, 2.75) is 13.0 Å². The number of aromatic nitrogens is 3. The van der Waals surface area contributed by atoms with Crippen LogP contribution in [0.15, 0.2) is 30.9 Å². The fourth-order valence-corrected chi connectivity index (χ4v) is 1.90. The van der Waals surface area contributed by atoms with Crippen molar-refractivity contribution in [3.8, 4) is 11.3 Å². The third-order valence-corrected chi connectivity index (χ3v) is 2.79. The first-order valence-corrected chi connectivity index (χ1v) is 6.03. The Bertz CT molecular complexity index is 504. The predicted molar refractivity (Wildman–Crippen MR) is 73.0 cm³/mol. The van der Waals surface area contributed by atoms with Crippen LogP contribution < -0.4 is 5.73 Å². The Labute approximate surface area is 107 Å². The van der Waals surface area contributed by atoms with Crippen LogP contribution in [-0.4, -0.2) is 40.1 Å². The molecule has 0 aromatic carbocycles. The highest BCUT2D eigenvalue weighted by molar-refractivity contribution is 5.61. The number of pyridine rings is 1. The minimum atomic E-state index is 0.536. The van der Waals surface area contributed by atoms with E-state index in [-0.39, 0.29) is 0 Å². The maximum Gasteiger partial charge on any atom is 0.123 e. The van der Waals surface area contributed by atoms with E-state index in [0.717, 1.165) is 30.8 Å². The average molecular weight is 245 g/mol. The van der Waals surface area contributed by atoms with Crippen molar-refractivity contribution in [1.29, 1.82) is 0 Å². The molecule has 0 fully saturated rings. The maximum absolute atomic E-state index is 5.71. The molecule has 0 aliphatic carbocycles. The standard InChI is InChI=1S/C13H19N5/c1-17(2)6-3-7-18-10-15-9-12(18)11-4-5-16-13(14)8-11/h4-5,8-10H,3,6-7H2,1-2H3,(H2,14,16). The van der Waals surface area contributed by atoms with Crippen molar-refractivity contribution in [1.82, 2.24) is 19.4 Å². The molecule has 0 aliphatic heterocycles. The average Bonchev–Trinajstić information content (AvgIpc) is 2.77. The van der Waals surface area contributed by atoms with Gasteiger partial charge in [0, 0.05) is 18.3 Å². The number of hydrogen-bond donors (Lipinski definition) is 1. The highest BCUT2D eigenvalue weighted by Gasteiger charge is 2.05. The van der Waals surface area contributed by atoms with E-state index >= 15 is 0 Å². The van der Waals surface area contributed by atoms with Crippen LogP contribution in [-0.2, 0) is 6.54 Å². The van der Waals surface area contributed by atoms with E-state index < -0.39 is 0 Å². The lowest BCUT2D eigenvalue weighted by Gasteiger charge is -2.11. The lowest BCUT2D eigenvalue weighted by Crippen LogP contribution is -2.15. The molecular formula is C13H19N5. The Hall–Kier alpha value is -1.88. The normalized spacial score (nSPS) is 11.1. The van der Waals surface area contributed by atoms with Crippen LogP contribution in [0.3, 0.4) is 0 Å². The molecule has 0 radical (unpaired) electrons. The van der Waals surface area contributed by atoms with E-state index in [1.165, 1.54) is 0 Å². The van der Waals surface area contributed by atoms with Gasteiger partial charge in [-0.15, -0.1) is 0 Å². The molecule has 2 N–H and O–H groups in total. The fourth-order valence-electron chi connectivity index (χ4n) is 1.90. The summed E-state index contributed by atoms with van der Waals surface area (Å²) in [7, 11) is 4.16. The van der Waals surface area contributed by atoms with Gasteiger partial charge in [0.15, 0.2) is 0 Å². The zero-order chi connectivity index (χ0) is 13.0. The fraction of sp³-hybridized carbons (Fsp3) is 0.385. The van der Waals surface area contributed by atoms with Gasteiger partial charge in [0.05, 0.1) is 18.2 Å². The van der Waals surface area contributed by atoms with Gasteiger partial charge in [0.1, 0.15) is 5.82 Å². The van der Waals surface area contributed by atoms with Crippen LogP contribution in [0.2, 0.25) is 0 Å². The van der Waals surface area contributed by atoms with Gasteiger partial charge in [0.2, 0.25) is 0 Å². The monoisotopic (exact) mass is 245 g/mol. The number of aryl methyl sites for hydroxylation is 1. The Morgan fingerprint density at radius 1 is 1.39 bits per heavy atom. The number of rotatable bonds is 5. The predicted octanol–water partition coefficient (Wildman–Crippen LogP) is 1.48. The molecule has 2 heterocycles. The summed E-state index contributed by atoms with van der Waals surface area (Å²) in [5.41, 5.74) is 7.85. The van der Waals surface area contributed by atoms with E-state index in [2.05, 4.69) is 33.5 Å². The van der Waals surface area contributed by atoms with Crippen molar-refractivity contribution in [2.75, 3.05) is 26.4 Å². The second-order valence-corrected chi connectivity index (χ2v) is 4.60. The minimum Gasteiger partial charge on any atom is -0.384 e. The first kappa shape index (κ1) is 12.6. The molecule has 0 spiro atoms. The van der Waals surface area contributed by atoms with Crippen LogP contribution in [0.5, 0.6) is 0 Å². The molecule has 0 saturated carbocycles. The van der Waals surface area contributed by atoms with E-state index in [9.17, 15) is 0 Å². The van der Waals surface area contributed by atoms with E-state index in [1.807, 2.05) is 24.7 Å². The van der Waals surface area contributed by atoms with Crippen LogP contribution in [0.4, 0.5) is 5.82 Å². The maximum atomic E-state index is 5.71. The highest BCUT2D eigenvalue weighted by atomic mass is 15.1. The molecule has 5 nitrogen and oxygen atoms in total.